The topological polar surface area (TPSA) is 35.5 Å². The first kappa shape index (κ1) is 22.3. The Morgan fingerprint density at radius 1 is 1.17 bits per heavy atom. The molecule has 29 heavy (non-hydrogen) atoms. The highest BCUT2D eigenvalue weighted by atomic mass is 28.4. The monoisotopic (exact) mass is 414 g/mol. The number of rotatable bonds is 4. The van der Waals surface area contributed by atoms with Crippen molar-refractivity contribution in [1.82, 2.24) is 0 Å². The quantitative estimate of drug-likeness (QED) is 0.399. The van der Waals surface area contributed by atoms with Crippen LogP contribution in [0.3, 0.4) is 0 Å². The minimum atomic E-state index is -1.77. The molecule has 0 unspecified atom stereocenters. The summed E-state index contributed by atoms with van der Waals surface area (Å²) in [7, 11) is -0.346. The van der Waals surface area contributed by atoms with E-state index in [1.807, 2.05) is 24.3 Å². The molecule has 0 radical (unpaired) electrons. The van der Waals surface area contributed by atoms with E-state index in [0.29, 0.717) is 17.6 Å². The average molecular weight is 415 g/mol. The van der Waals surface area contributed by atoms with E-state index >= 15 is 0 Å². The number of esters is 1. The summed E-state index contributed by atoms with van der Waals surface area (Å²) in [6, 6.07) is 7.78. The summed E-state index contributed by atoms with van der Waals surface area (Å²) in [5, 5.41) is 0.250. The molecule has 3 atom stereocenters. The molecule has 3 rings (SSSR count). The highest BCUT2D eigenvalue weighted by Gasteiger charge is 2.51. The summed E-state index contributed by atoms with van der Waals surface area (Å²) in [5.41, 5.74) is 3.55. The van der Waals surface area contributed by atoms with E-state index in [1.165, 1.54) is 38.4 Å². The predicted molar refractivity (Wildman–Crippen MR) is 123 cm³/mol. The summed E-state index contributed by atoms with van der Waals surface area (Å²) >= 11 is 0. The van der Waals surface area contributed by atoms with E-state index in [1.54, 1.807) is 5.57 Å². The van der Waals surface area contributed by atoms with Gasteiger partial charge >= 0.3 is 5.97 Å². The van der Waals surface area contributed by atoms with Crippen molar-refractivity contribution in [2.75, 3.05) is 7.11 Å². The lowest BCUT2D eigenvalue weighted by atomic mass is 9.66. The molecule has 0 amide bonds. The van der Waals surface area contributed by atoms with Gasteiger partial charge in [-0.1, -0.05) is 57.9 Å². The molecule has 1 aromatic rings. The van der Waals surface area contributed by atoms with Crippen LogP contribution < -0.4 is 0 Å². The highest BCUT2D eigenvalue weighted by Crippen LogP contribution is 2.57. The van der Waals surface area contributed by atoms with Crippen molar-refractivity contribution in [3.8, 4) is 0 Å². The van der Waals surface area contributed by atoms with Crippen LogP contribution in [0.5, 0.6) is 0 Å². The normalized spacial score (nSPS) is 29.0. The van der Waals surface area contributed by atoms with Gasteiger partial charge in [-0.25, -0.2) is 4.79 Å². The summed E-state index contributed by atoms with van der Waals surface area (Å²) in [6.07, 6.45) is 8.82. The fourth-order valence-electron chi connectivity index (χ4n) is 4.93. The van der Waals surface area contributed by atoms with Crippen LogP contribution in [0.25, 0.3) is 6.08 Å². The second kappa shape index (κ2) is 8.03. The van der Waals surface area contributed by atoms with E-state index in [2.05, 4.69) is 46.9 Å². The molecule has 2 saturated carbocycles. The smallest absolute Gasteiger partial charge is 0.337 e. The Labute approximate surface area is 178 Å². The number of allylic oxidation sites excluding steroid dienone is 1. The van der Waals surface area contributed by atoms with Gasteiger partial charge in [-0.05, 0) is 72.8 Å². The van der Waals surface area contributed by atoms with Crippen molar-refractivity contribution in [3.63, 3.8) is 0 Å². The molecule has 0 heterocycles. The Morgan fingerprint density at radius 2 is 1.83 bits per heavy atom. The molecule has 3 nitrogen and oxygen atoms in total. The molecule has 2 aliphatic rings. The number of hydrogen-bond acceptors (Lipinski definition) is 3. The first-order valence-corrected chi connectivity index (χ1v) is 14.0. The lowest BCUT2D eigenvalue weighted by molar-refractivity contribution is 0.0236. The van der Waals surface area contributed by atoms with Crippen molar-refractivity contribution in [3.05, 3.63) is 41.0 Å². The molecular formula is C25H38O3Si. The summed E-state index contributed by atoms with van der Waals surface area (Å²) in [5.74, 6) is 0.334. The number of ether oxygens (including phenoxy) is 1. The van der Waals surface area contributed by atoms with Crippen LogP contribution in [0.4, 0.5) is 0 Å². The standard InChI is InChI=1S/C25H38O3Si/c1-24(2,3)29(6,7)28-22-9-8-16-25(4)20(14-15-21(22)25)17-18-10-12-19(13-11-18)23(26)27-5/h10-13,17,21-22H,8-9,14-16H2,1-7H3/b20-17+/t21-,22-,25+/m0/s1. The van der Waals surface area contributed by atoms with Crippen molar-refractivity contribution in [2.45, 2.75) is 84.0 Å². The number of carbonyl (C=O) groups is 1. The van der Waals surface area contributed by atoms with Crippen molar-refractivity contribution >= 4 is 20.4 Å². The lowest BCUT2D eigenvalue weighted by Crippen LogP contribution is -2.49. The lowest BCUT2D eigenvalue weighted by Gasteiger charge is -2.47. The molecule has 0 N–H and O–H groups in total. The van der Waals surface area contributed by atoms with E-state index in [9.17, 15) is 4.79 Å². The van der Waals surface area contributed by atoms with Crippen LogP contribution in [0.1, 0.15) is 75.7 Å². The zero-order chi connectivity index (χ0) is 21.4. The van der Waals surface area contributed by atoms with Crippen molar-refractivity contribution < 1.29 is 14.0 Å². The molecule has 1 aromatic carbocycles. The Bertz CT molecular complexity index is 772. The number of hydrogen-bond donors (Lipinski definition) is 0. The zero-order valence-electron chi connectivity index (χ0n) is 19.3. The molecule has 2 fully saturated rings. The van der Waals surface area contributed by atoms with E-state index in [-0.39, 0.29) is 16.4 Å². The van der Waals surface area contributed by atoms with E-state index in [4.69, 9.17) is 9.16 Å². The molecule has 160 valence electrons. The number of benzene rings is 1. The summed E-state index contributed by atoms with van der Waals surface area (Å²) in [6.45, 7) is 14.2. The molecule has 0 saturated heterocycles. The van der Waals surface area contributed by atoms with Gasteiger partial charge in [0.1, 0.15) is 0 Å². The minimum absolute atomic E-state index is 0.228. The third-order valence-corrected chi connectivity index (χ3v) is 12.3. The maximum atomic E-state index is 11.7. The van der Waals surface area contributed by atoms with Crippen LogP contribution in [0.15, 0.2) is 29.8 Å². The third-order valence-electron chi connectivity index (χ3n) is 7.84. The predicted octanol–water partition coefficient (Wildman–Crippen LogP) is 6.85. The average Bonchev–Trinajstić information content (AvgIpc) is 2.98. The van der Waals surface area contributed by atoms with Gasteiger partial charge in [0.05, 0.1) is 12.7 Å². The van der Waals surface area contributed by atoms with Gasteiger partial charge in [-0.2, -0.15) is 0 Å². The minimum Gasteiger partial charge on any atom is -0.465 e. The fourth-order valence-corrected chi connectivity index (χ4v) is 6.33. The molecule has 2 aliphatic carbocycles. The van der Waals surface area contributed by atoms with Crippen LogP contribution in [0.2, 0.25) is 18.1 Å². The van der Waals surface area contributed by atoms with Gasteiger partial charge < -0.3 is 9.16 Å². The van der Waals surface area contributed by atoms with Crippen LogP contribution >= 0.6 is 0 Å². The van der Waals surface area contributed by atoms with Crippen molar-refractivity contribution in [1.29, 1.82) is 0 Å². The van der Waals surface area contributed by atoms with Gasteiger partial charge in [0.25, 0.3) is 0 Å². The number of fused-ring (bicyclic) bond motifs is 1. The second-order valence-electron chi connectivity index (χ2n) is 10.7. The van der Waals surface area contributed by atoms with Gasteiger partial charge in [-0.15, -0.1) is 0 Å². The SMILES string of the molecule is COC(=O)c1ccc(/C=C2\CC[C@H]3[C@@H](O[Si](C)(C)C(C)(C)C)CCC[C@]23C)cc1. The first-order chi connectivity index (χ1) is 13.5. The number of methoxy groups -OCH3 is 1. The van der Waals surface area contributed by atoms with Crippen molar-refractivity contribution in [2.24, 2.45) is 11.3 Å². The Balaban J connectivity index is 1.81. The second-order valence-corrected chi connectivity index (χ2v) is 15.4. The molecule has 4 heteroatoms. The first-order valence-electron chi connectivity index (χ1n) is 11.1. The Hall–Kier alpha value is -1.39. The number of carbonyl (C=O) groups excluding carboxylic acids is 1. The molecule has 0 bridgehead atoms. The van der Waals surface area contributed by atoms with Crippen LogP contribution in [0, 0.1) is 11.3 Å². The van der Waals surface area contributed by atoms with Crippen LogP contribution in [-0.4, -0.2) is 27.5 Å². The van der Waals surface area contributed by atoms with Crippen LogP contribution in [-0.2, 0) is 9.16 Å². The summed E-state index contributed by atoms with van der Waals surface area (Å²) < 4.78 is 11.7. The molecule has 0 aromatic heterocycles. The fraction of sp³-hybridized carbons (Fsp3) is 0.640. The Kier molecular flexibility index (Phi) is 6.17. The maximum Gasteiger partial charge on any atom is 0.337 e. The molecular weight excluding hydrogens is 376 g/mol. The maximum absolute atomic E-state index is 11.7. The third kappa shape index (κ3) is 4.39. The highest BCUT2D eigenvalue weighted by molar-refractivity contribution is 6.74. The van der Waals surface area contributed by atoms with Gasteiger partial charge in [-0.3, -0.25) is 0 Å². The molecule has 0 aliphatic heterocycles. The van der Waals surface area contributed by atoms with Gasteiger partial charge in [0.2, 0.25) is 0 Å². The summed E-state index contributed by atoms with van der Waals surface area (Å²) in [4.78, 5) is 11.7. The molecule has 0 spiro atoms. The largest absolute Gasteiger partial charge is 0.465 e. The Morgan fingerprint density at radius 3 is 2.41 bits per heavy atom. The zero-order valence-corrected chi connectivity index (χ0v) is 20.3. The van der Waals surface area contributed by atoms with Gasteiger partial charge in [0, 0.05) is 6.10 Å². The van der Waals surface area contributed by atoms with E-state index < -0.39 is 8.32 Å². The van der Waals surface area contributed by atoms with E-state index in [0.717, 1.165) is 6.42 Å². The van der Waals surface area contributed by atoms with Gasteiger partial charge in [0.15, 0.2) is 8.32 Å².